The average molecular weight is 472 g/mol. The molecule has 0 bridgehead atoms. The molecule has 0 aliphatic carbocycles. The van der Waals surface area contributed by atoms with Crippen molar-refractivity contribution in [2.75, 3.05) is 5.32 Å². The maximum Gasteiger partial charge on any atom is 0.257 e. The van der Waals surface area contributed by atoms with Gasteiger partial charge >= 0.3 is 0 Å². The molecule has 2 aromatic carbocycles. The van der Waals surface area contributed by atoms with Crippen LogP contribution in [-0.4, -0.2) is 21.6 Å². The Morgan fingerprint density at radius 2 is 1.87 bits per heavy atom. The van der Waals surface area contributed by atoms with Gasteiger partial charge in [-0.05, 0) is 61.9 Å². The minimum atomic E-state index is -0.395. The van der Waals surface area contributed by atoms with Crippen molar-refractivity contribution in [3.05, 3.63) is 81.8 Å². The fraction of sp³-hybridized carbons (Fsp3) is 0.227. The van der Waals surface area contributed by atoms with Crippen LogP contribution in [0.4, 0.5) is 10.1 Å². The van der Waals surface area contributed by atoms with Crippen LogP contribution in [0, 0.1) is 12.7 Å². The SMILES string of the molecule is CCCn1cc(CN=C(NC(=O)c2ccc(F)cc2)Nc2ccc(Br)cc2)c(C)n1. The van der Waals surface area contributed by atoms with Crippen LogP contribution in [0.1, 0.15) is 35.0 Å². The number of carbonyl (C=O) groups is 1. The van der Waals surface area contributed by atoms with Crippen LogP contribution < -0.4 is 10.6 Å². The Balaban J connectivity index is 1.80. The van der Waals surface area contributed by atoms with Gasteiger partial charge in [-0.15, -0.1) is 0 Å². The molecule has 30 heavy (non-hydrogen) atoms. The minimum Gasteiger partial charge on any atom is -0.326 e. The number of nitrogens with zero attached hydrogens (tertiary/aromatic N) is 3. The molecule has 0 unspecified atom stereocenters. The second-order valence-electron chi connectivity index (χ2n) is 6.76. The van der Waals surface area contributed by atoms with Gasteiger partial charge in [0.2, 0.25) is 5.96 Å². The molecule has 0 aliphatic heterocycles. The quantitative estimate of drug-likeness (QED) is 0.396. The van der Waals surface area contributed by atoms with E-state index in [4.69, 9.17) is 0 Å². The number of anilines is 1. The molecule has 3 rings (SSSR count). The summed E-state index contributed by atoms with van der Waals surface area (Å²) in [6, 6.07) is 12.9. The molecule has 0 radical (unpaired) electrons. The highest BCUT2D eigenvalue weighted by Crippen LogP contribution is 2.14. The third-order valence-corrected chi connectivity index (χ3v) is 4.88. The highest BCUT2D eigenvalue weighted by Gasteiger charge is 2.11. The number of aliphatic imine (C=N–C) groups is 1. The number of hydrogen-bond donors (Lipinski definition) is 2. The summed E-state index contributed by atoms with van der Waals surface area (Å²) in [5, 5.41) is 10.4. The lowest BCUT2D eigenvalue weighted by Gasteiger charge is -2.12. The zero-order valence-electron chi connectivity index (χ0n) is 16.8. The molecule has 0 aliphatic rings. The smallest absolute Gasteiger partial charge is 0.257 e. The van der Waals surface area contributed by atoms with Crippen molar-refractivity contribution in [3.8, 4) is 0 Å². The lowest BCUT2D eigenvalue weighted by atomic mass is 10.2. The Hall–Kier alpha value is -3.00. The number of guanidine groups is 1. The highest BCUT2D eigenvalue weighted by molar-refractivity contribution is 9.10. The van der Waals surface area contributed by atoms with E-state index in [1.54, 1.807) is 0 Å². The molecule has 0 saturated carbocycles. The van der Waals surface area contributed by atoms with Crippen LogP contribution in [0.15, 0.2) is 64.2 Å². The van der Waals surface area contributed by atoms with Gasteiger partial charge in [0, 0.05) is 34.0 Å². The Morgan fingerprint density at radius 1 is 1.17 bits per heavy atom. The molecule has 0 fully saturated rings. The van der Waals surface area contributed by atoms with E-state index in [9.17, 15) is 9.18 Å². The van der Waals surface area contributed by atoms with E-state index in [2.05, 4.69) is 43.6 Å². The molecular formula is C22H23BrFN5O. The summed E-state index contributed by atoms with van der Waals surface area (Å²) in [5.41, 5.74) is 3.00. The zero-order chi connectivity index (χ0) is 21.5. The van der Waals surface area contributed by atoms with Crippen molar-refractivity contribution in [1.82, 2.24) is 15.1 Å². The number of halogens is 2. The van der Waals surface area contributed by atoms with E-state index >= 15 is 0 Å². The van der Waals surface area contributed by atoms with E-state index in [-0.39, 0.29) is 5.91 Å². The zero-order valence-corrected chi connectivity index (χ0v) is 18.4. The maximum absolute atomic E-state index is 13.2. The third-order valence-electron chi connectivity index (χ3n) is 4.35. The summed E-state index contributed by atoms with van der Waals surface area (Å²) in [7, 11) is 0. The number of nitrogens with one attached hydrogen (secondary N) is 2. The van der Waals surface area contributed by atoms with Crippen LogP contribution in [0.25, 0.3) is 0 Å². The van der Waals surface area contributed by atoms with Gasteiger partial charge < -0.3 is 5.32 Å². The van der Waals surface area contributed by atoms with Crippen LogP contribution in [0.3, 0.4) is 0 Å². The number of benzene rings is 2. The van der Waals surface area contributed by atoms with Crippen LogP contribution >= 0.6 is 15.9 Å². The number of hydrogen-bond acceptors (Lipinski definition) is 3. The van der Waals surface area contributed by atoms with E-state index in [0.29, 0.717) is 18.1 Å². The first-order valence-electron chi connectivity index (χ1n) is 9.61. The number of aryl methyl sites for hydroxylation is 2. The minimum absolute atomic E-state index is 0.300. The lowest BCUT2D eigenvalue weighted by Crippen LogP contribution is -2.36. The normalized spacial score (nSPS) is 11.4. The van der Waals surface area contributed by atoms with Gasteiger partial charge in [-0.3, -0.25) is 14.8 Å². The Kier molecular flexibility index (Phi) is 7.35. The van der Waals surface area contributed by atoms with E-state index < -0.39 is 5.82 Å². The van der Waals surface area contributed by atoms with Crippen molar-refractivity contribution in [2.45, 2.75) is 33.4 Å². The molecule has 156 valence electrons. The molecule has 6 nitrogen and oxygen atoms in total. The highest BCUT2D eigenvalue weighted by atomic mass is 79.9. The first kappa shape index (κ1) is 21.7. The molecule has 0 atom stereocenters. The fourth-order valence-electron chi connectivity index (χ4n) is 2.78. The van der Waals surface area contributed by atoms with Gasteiger partial charge in [0.15, 0.2) is 0 Å². The Morgan fingerprint density at radius 3 is 2.53 bits per heavy atom. The topological polar surface area (TPSA) is 71.3 Å². The molecule has 1 heterocycles. The molecule has 3 aromatic rings. The summed E-state index contributed by atoms with van der Waals surface area (Å²) in [4.78, 5) is 17.2. The van der Waals surface area contributed by atoms with Gasteiger partial charge in [0.05, 0.1) is 12.2 Å². The Labute approximate surface area is 183 Å². The average Bonchev–Trinajstić information content (AvgIpc) is 3.07. The first-order valence-corrected chi connectivity index (χ1v) is 10.4. The summed E-state index contributed by atoms with van der Waals surface area (Å²) in [5.74, 6) is -0.473. The number of amides is 1. The van der Waals surface area contributed by atoms with Gasteiger partial charge in [0.25, 0.3) is 5.91 Å². The van der Waals surface area contributed by atoms with Crippen molar-refractivity contribution >= 4 is 33.5 Å². The second-order valence-corrected chi connectivity index (χ2v) is 7.68. The van der Waals surface area contributed by atoms with Crippen molar-refractivity contribution in [2.24, 2.45) is 4.99 Å². The number of aromatic nitrogens is 2. The van der Waals surface area contributed by atoms with Crippen molar-refractivity contribution in [1.29, 1.82) is 0 Å². The molecule has 0 spiro atoms. The maximum atomic E-state index is 13.2. The predicted octanol–water partition coefficient (Wildman–Crippen LogP) is 4.90. The van der Waals surface area contributed by atoms with E-state index in [1.165, 1.54) is 24.3 Å². The third kappa shape index (κ3) is 6.00. The van der Waals surface area contributed by atoms with Gasteiger partial charge in [-0.25, -0.2) is 9.38 Å². The predicted molar refractivity (Wildman–Crippen MR) is 120 cm³/mol. The van der Waals surface area contributed by atoms with Crippen LogP contribution in [0.5, 0.6) is 0 Å². The Bertz CT molecular complexity index is 1030. The fourth-order valence-corrected chi connectivity index (χ4v) is 3.05. The number of carbonyl (C=O) groups excluding carboxylic acids is 1. The lowest BCUT2D eigenvalue weighted by molar-refractivity contribution is 0.0977. The van der Waals surface area contributed by atoms with E-state index in [0.717, 1.165) is 34.4 Å². The van der Waals surface area contributed by atoms with Gasteiger partial charge in [0.1, 0.15) is 5.82 Å². The number of rotatable bonds is 6. The van der Waals surface area contributed by atoms with Crippen molar-refractivity contribution < 1.29 is 9.18 Å². The van der Waals surface area contributed by atoms with Crippen LogP contribution in [0.2, 0.25) is 0 Å². The van der Waals surface area contributed by atoms with Crippen LogP contribution in [-0.2, 0) is 13.1 Å². The summed E-state index contributed by atoms with van der Waals surface area (Å²) in [6.45, 7) is 5.24. The molecule has 1 amide bonds. The second kappa shape index (κ2) is 10.2. The molecular weight excluding hydrogens is 449 g/mol. The molecule has 0 saturated heterocycles. The van der Waals surface area contributed by atoms with Crippen molar-refractivity contribution in [3.63, 3.8) is 0 Å². The van der Waals surface area contributed by atoms with E-state index in [1.807, 2.05) is 42.1 Å². The van der Waals surface area contributed by atoms with Gasteiger partial charge in [-0.1, -0.05) is 22.9 Å². The summed E-state index contributed by atoms with van der Waals surface area (Å²) < 4.78 is 16.0. The molecule has 1 aromatic heterocycles. The standard InChI is InChI=1S/C22H23BrFN5O/c1-3-12-29-14-17(15(2)28-29)13-25-22(26-20-10-6-18(23)7-11-20)27-21(30)16-4-8-19(24)9-5-16/h4-11,14H,3,12-13H2,1-2H3,(H2,25,26,27,30). The summed E-state index contributed by atoms with van der Waals surface area (Å²) in [6.07, 6.45) is 2.97. The molecule has 2 N–H and O–H groups in total. The molecule has 8 heteroatoms. The summed E-state index contributed by atoms with van der Waals surface area (Å²) >= 11 is 3.40. The van der Waals surface area contributed by atoms with Gasteiger partial charge in [-0.2, -0.15) is 5.10 Å². The first-order chi connectivity index (χ1) is 14.4. The largest absolute Gasteiger partial charge is 0.326 e. The monoisotopic (exact) mass is 471 g/mol.